The summed E-state index contributed by atoms with van der Waals surface area (Å²) in [4.78, 5) is 12.6. The Morgan fingerprint density at radius 1 is 1.38 bits per heavy atom. The van der Waals surface area contributed by atoms with E-state index in [0.29, 0.717) is 5.56 Å². The molecule has 0 atom stereocenters. The van der Waals surface area contributed by atoms with Crippen molar-refractivity contribution in [1.29, 1.82) is 0 Å². The normalized spacial score (nSPS) is 10.1. The molecule has 0 saturated heterocycles. The van der Waals surface area contributed by atoms with Crippen molar-refractivity contribution < 1.29 is 9.53 Å². The first-order valence-corrected chi connectivity index (χ1v) is 6.59. The molecule has 16 heavy (non-hydrogen) atoms. The van der Waals surface area contributed by atoms with E-state index in [-0.39, 0.29) is 5.97 Å². The van der Waals surface area contributed by atoms with Gasteiger partial charge < -0.3 is 4.74 Å². The van der Waals surface area contributed by atoms with Gasteiger partial charge in [-0.05, 0) is 6.07 Å². The molecule has 0 aliphatic heterocycles. The zero-order chi connectivity index (χ0) is 11.5. The lowest BCUT2D eigenvalue weighted by molar-refractivity contribution is 0.0601. The summed E-state index contributed by atoms with van der Waals surface area (Å²) in [5.74, 6) is -0.320. The molecule has 0 aliphatic carbocycles. The molecule has 5 heteroatoms. The largest absolute Gasteiger partial charge is 0.465 e. The quantitative estimate of drug-likeness (QED) is 0.608. The molecule has 1 aromatic heterocycles. The van der Waals surface area contributed by atoms with Gasteiger partial charge in [0.1, 0.15) is 3.14 Å². The number of benzene rings is 1. The molecule has 0 radical (unpaired) electrons. The van der Waals surface area contributed by atoms with Crippen molar-refractivity contribution in [3.8, 4) is 10.4 Å². The van der Waals surface area contributed by atoms with Gasteiger partial charge in [-0.3, -0.25) is 0 Å². The number of hydrogen-bond donors (Lipinski definition) is 0. The summed E-state index contributed by atoms with van der Waals surface area (Å²) in [6.07, 6.45) is 0. The van der Waals surface area contributed by atoms with Crippen LogP contribution in [-0.2, 0) is 4.74 Å². The maximum atomic E-state index is 11.6. The van der Waals surface area contributed by atoms with E-state index in [2.05, 4.69) is 0 Å². The van der Waals surface area contributed by atoms with Crippen molar-refractivity contribution in [3.63, 3.8) is 0 Å². The number of ether oxygens (including phenoxy) is 1. The average molecular weight is 268 g/mol. The van der Waals surface area contributed by atoms with Crippen LogP contribution in [0.1, 0.15) is 10.4 Å². The molecule has 2 rings (SSSR count). The summed E-state index contributed by atoms with van der Waals surface area (Å²) in [5, 5.41) is 1.97. The van der Waals surface area contributed by atoms with Gasteiger partial charge in [0.25, 0.3) is 0 Å². The van der Waals surface area contributed by atoms with Crippen molar-refractivity contribution in [3.05, 3.63) is 38.3 Å². The molecular formula is C11H8O2S3. The lowest BCUT2D eigenvalue weighted by atomic mass is 10.1. The third-order valence-corrected chi connectivity index (χ3v) is 4.55. The number of carbonyl (C=O) groups is 1. The minimum absolute atomic E-state index is 0.320. The van der Waals surface area contributed by atoms with E-state index >= 15 is 0 Å². The molecule has 0 spiro atoms. The van der Waals surface area contributed by atoms with Crippen LogP contribution in [0.2, 0.25) is 0 Å². The minimum Gasteiger partial charge on any atom is -0.465 e. The first-order valence-electron chi connectivity index (χ1n) is 4.48. The van der Waals surface area contributed by atoms with E-state index < -0.39 is 0 Å². The number of methoxy groups -OCH3 is 1. The maximum absolute atomic E-state index is 11.6. The molecule has 2 nitrogen and oxygen atoms in total. The zero-order valence-electron chi connectivity index (χ0n) is 8.43. The molecule has 82 valence electrons. The first kappa shape index (κ1) is 11.4. The molecule has 0 aliphatic rings. The summed E-state index contributed by atoms with van der Waals surface area (Å²) >= 11 is 8.11. The van der Waals surface area contributed by atoms with E-state index in [1.54, 1.807) is 6.07 Å². The first-order chi connectivity index (χ1) is 7.72. The second-order valence-electron chi connectivity index (χ2n) is 2.99. The highest BCUT2D eigenvalue weighted by atomic mass is 32.2. The highest BCUT2D eigenvalue weighted by Crippen LogP contribution is 2.31. The minimum atomic E-state index is -0.320. The predicted molar refractivity (Wildman–Crippen MR) is 69.8 cm³/mol. The van der Waals surface area contributed by atoms with Crippen molar-refractivity contribution in [2.24, 2.45) is 0 Å². The van der Waals surface area contributed by atoms with Gasteiger partial charge in [0.15, 0.2) is 0 Å². The van der Waals surface area contributed by atoms with Crippen LogP contribution in [0.25, 0.3) is 10.4 Å². The van der Waals surface area contributed by atoms with Gasteiger partial charge >= 0.3 is 5.97 Å². The topological polar surface area (TPSA) is 26.3 Å². The van der Waals surface area contributed by atoms with Crippen LogP contribution in [0.5, 0.6) is 0 Å². The second-order valence-corrected chi connectivity index (χ2v) is 6.10. The second kappa shape index (κ2) is 4.86. The monoisotopic (exact) mass is 268 g/mol. The van der Waals surface area contributed by atoms with Crippen molar-refractivity contribution in [2.75, 3.05) is 7.11 Å². The van der Waals surface area contributed by atoms with Gasteiger partial charge in [0.2, 0.25) is 0 Å². The third kappa shape index (κ3) is 2.21. The standard InChI is InChI=1S/C11H8O2S3/c1-13-10(12)8-5-3-2-4-7(8)9-6-15-11(14)16-9/h2-6H,1H3. The van der Waals surface area contributed by atoms with E-state index in [1.165, 1.54) is 29.8 Å². The Bertz CT molecular complexity index is 568. The van der Waals surface area contributed by atoms with Crippen molar-refractivity contribution in [2.45, 2.75) is 0 Å². The number of hydrogen-bond acceptors (Lipinski definition) is 5. The summed E-state index contributed by atoms with van der Waals surface area (Å²) in [7, 11) is 1.38. The summed E-state index contributed by atoms with van der Waals surface area (Å²) in [6.45, 7) is 0. The van der Waals surface area contributed by atoms with Crippen LogP contribution in [0, 0.1) is 3.14 Å². The number of carbonyl (C=O) groups excluding carboxylic acids is 1. The Kier molecular flexibility index (Phi) is 3.48. The molecular weight excluding hydrogens is 260 g/mol. The summed E-state index contributed by atoms with van der Waals surface area (Å²) < 4.78 is 5.60. The fraction of sp³-hybridized carbons (Fsp3) is 0.0909. The molecule has 0 N–H and O–H groups in total. The van der Waals surface area contributed by atoms with Crippen LogP contribution >= 0.6 is 34.9 Å². The lowest BCUT2D eigenvalue weighted by Gasteiger charge is -2.04. The lowest BCUT2D eigenvalue weighted by Crippen LogP contribution is -2.02. The van der Waals surface area contributed by atoms with E-state index in [1.807, 2.05) is 23.6 Å². The highest BCUT2D eigenvalue weighted by Gasteiger charge is 2.13. The molecule has 1 heterocycles. The van der Waals surface area contributed by atoms with Crippen molar-refractivity contribution in [1.82, 2.24) is 0 Å². The SMILES string of the molecule is COC(=O)c1ccccc1-c1csc(=S)s1. The summed E-state index contributed by atoms with van der Waals surface area (Å²) in [5.41, 5.74) is 1.46. The van der Waals surface area contributed by atoms with E-state index in [4.69, 9.17) is 17.0 Å². The average Bonchev–Trinajstić information content (AvgIpc) is 2.75. The van der Waals surface area contributed by atoms with Gasteiger partial charge in [0.05, 0.1) is 12.7 Å². The van der Waals surface area contributed by atoms with Crippen LogP contribution in [0.15, 0.2) is 29.6 Å². The third-order valence-electron chi connectivity index (χ3n) is 2.05. The Morgan fingerprint density at radius 3 is 2.75 bits per heavy atom. The smallest absolute Gasteiger partial charge is 0.338 e. The molecule has 0 bridgehead atoms. The summed E-state index contributed by atoms with van der Waals surface area (Å²) in [6, 6.07) is 7.38. The van der Waals surface area contributed by atoms with Crippen LogP contribution in [-0.4, -0.2) is 13.1 Å². The van der Waals surface area contributed by atoms with Gasteiger partial charge in [-0.15, -0.1) is 22.7 Å². The molecule has 1 aromatic carbocycles. The van der Waals surface area contributed by atoms with Crippen LogP contribution in [0.4, 0.5) is 0 Å². The van der Waals surface area contributed by atoms with E-state index in [0.717, 1.165) is 13.6 Å². The zero-order valence-corrected chi connectivity index (χ0v) is 10.9. The van der Waals surface area contributed by atoms with Gasteiger partial charge in [-0.2, -0.15) is 0 Å². The Labute approximate surface area is 106 Å². The molecule has 0 unspecified atom stereocenters. The number of esters is 1. The van der Waals surface area contributed by atoms with Crippen LogP contribution in [0.3, 0.4) is 0 Å². The molecule has 2 aromatic rings. The Hall–Kier alpha value is -1.04. The number of rotatable bonds is 2. The van der Waals surface area contributed by atoms with Gasteiger partial charge in [-0.25, -0.2) is 4.79 Å². The maximum Gasteiger partial charge on any atom is 0.338 e. The van der Waals surface area contributed by atoms with Gasteiger partial charge in [-0.1, -0.05) is 30.4 Å². The molecule has 0 saturated carbocycles. The molecule has 0 amide bonds. The van der Waals surface area contributed by atoms with Gasteiger partial charge in [0, 0.05) is 15.8 Å². The fourth-order valence-corrected chi connectivity index (χ4v) is 3.50. The predicted octanol–water partition coefficient (Wildman–Crippen LogP) is 3.99. The Morgan fingerprint density at radius 2 is 2.12 bits per heavy atom. The van der Waals surface area contributed by atoms with E-state index in [9.17, 15) is 4.79 Å². The molecule has 0 fully saturated rings. The fourth-order valence-electron chi connectivity index (χ4n) is 1.34. The van der Waals surface area contributed by atoms with Crippen LogP contribution < -0.4 is 0 Å². The Balaban J connectivity index is 2.56. The highest BCUT2D eigenvalue weighted by molar-refractivity contribution is 7.76. The van der Waals surface area contributed by atoms with Crippen molar-refractivity contribution >= 4 is 40.9 Å².